The van der Waals surface area contributed by atoms with Crippen LogP contribution in [0.15, 0.2) is 18.2 Å². The number of nitro groups is 1. The molecule has 0 heterocycles. The van der Waals surface area contributed by atoms with Gasteiger partial charge in [0.15, 0.2) is 0 Å². The number of benzene rings is 1. The Kier molecular flexibility index (Phi) is 3.33. The lowest BCUT2D eigenvalue weighted by Gasteiger charge is -2.14. The van der Waals surface area contributed by atoms with Crippen LogP contribution in [-0.4, -0.2) is 16.1 Å². The summed E-state index contributed by atoms with van der Waals surface area (Å²) in [5.74, 6) is -0.915. The molecule has 0 saturated carbocycles. The molecule has 0 spiro atoms. The van der Waals surface area contributed by atoms with Crippen LogP contribution in [0.25, 0.3) is 0 Å². The predicted octanol–water partition coefficient (Wildman–Crippen LogP) is 1.11. The van der Waals surface area contributed by atoms with Crippen molar-refractivity contribution >= 4 is 5.69 Å². The number of hydrogen-bond acceptors (Lipinski definition) is 4. The van der Waals surface area contributed by atoms with Gasteiger partial charge in [0.05, 0.1) is 17.1 Å². The van der Waals surface area contributed by atoms with Gasteiger partial charge >= 0.3 is 5.69 Å². The van der Waals surface area contributed by atoms with Gasteiger partial charge in [-0.05, 0) is 18.6 Å². The highest BCUT2D eigenvalue weighted by Crippen LogP contribution is 2.23. The standard InChI is InChI=1S/C9H11FN2O3/c1-5(13)9(11)6-2-3-7(10)8(4-6)12(14)15/h2-5,9,13H,11H2,1H3/t5-,9-/m1/s1. The summed E-state index contributed by atoms with van der Waals surface area (Å²) in [5, 5.41) is 19.6. The van der Waals surface area contributed by atoms with Crippen molar-refractivity contribution in [2.45, 2.75) is 19.1 Å². The molecule has 0 aromatic heterocycles. The Balaban J connectivity index is 3.13. The maximum atomic E-state index is 12.9. The topological polar surface area (TPSA) is 89.4 Å². The van der Waals surface area contributed by atoms with E-state index in [9.17, 15) is 19.6 Å². The quantitative estimate of drug-likeness (QED) is 0.582. The molecule has 82 valence electrons. The first-order chi connectivity index (χ1) is 6.93. The Morgan fingerprint density at radius 3 is 2.67 bits per heavy atom. The van der Waals surface area contributed by atoms with E-state index < -0.39 is 28.6 Å². The summed E-state index contributed by atoms with van der Waals surface area (Å²) in [5.41, 5.74) is 5.26. The Hall–Kier alpha value is -1.53. The van der Waals surface area contributed by atoms with Gasteiger partial charge in [-0.2, -0.15) is 4.39 Å². The summed E-state index contributed by atoms with van der Waals surface area (Å²) in [4.78, 5) is 9.60. The van der Waals surface area contributed by atoms with E-state index in [1.165, 1.54) is 13.0 Å². The minimum Gasteiger partial charge on any atom is -0.391 e. The summed E-state index contributed by atoms with van der Waals surface area (Å²) in [7, 11) is 0. The molecule has 1 aromatic carbocycles. The molecular formula is C9H11FN2O3. The summed E-state index contributed by atoms with van der Waals surface area (Å²) in [6.45, 7) is 1.46. The number of aliphatic hydroxyl groups excluding tert-OH is 1. The van der Waals surface area contributed by atoms with Crippen LogP contribution in [0.5, 0.6) is 0 Å². The van der Waals surface area contributed by atoms with E-state index in [0.29, 0.717) is 5.56 Å². The van der Waals surface area contributed by atoms with Crippen molar-refractivity contribution in [1.82, 2.24) is 0 Å². The second-order valence-corrected chi connectivity index (χ2v) is 3.23. The van der Waals surface area contributed by atoms with E-state index in [2.05, 4.69) is 0 Å². The highest BCUT2D eigenvalue weighted by molar-refractivity contribution is 5.37. The molecule has 1 aromatic rings. The lowest BCUT2D eigenvalue weighted by atomic mass is 10.0. The van der Waals surface area contributed by atoms with Gasteiger partial charge in [0.25, 0.3) is 0 Å². The fraction of sp³-hybridized carbons (Fsp3) is 0.333. The predicted molar refractivity (Wildman–Crippen MR) is 51.7 cm³/mol. The molecule has 0 aliphatic rings. The highest BCUT2D eigenvalue weighted by Gasteiger charge is 2.19. The molecule has 0 aliphatic carbocycles. The lowest BCUT2D eigenvalue weighted by molar-refractivity contribution is -0.387. The Labute approximate surface area is 85.5 Å². The van der Waals surface area contributed by atoms with Crippen LogP contribution in [0.1, 0.15) is 18.5 Å². The average molecular weight is 214 g/mol. The number of rotatable bonds is 3. The van der Waals surface area contributed by atoms with Crippen LogP contribution in [0.4, 0.5) is 10.1 Å². The number of nitrogens with two attached hydrogens (primary N) is 1. The maximum absolute atomic E-state index is 12.9. The smallest absolute Gasteiger partial charge is 0.305 e. The van der Waals surface area contributed by atoms with Gasteiger partial charge in [0.2, 0.25) is 5.82 Å². The minimum absolute atomic E-state index is 0.332. The van der Waals surface area contributed by atoms with E-state index in [1.807, 2.05) is 0 Å². The van der Waals surface area contributed by atoms with E-state index in [0.717, 1.165) is 12.1 Å². The molecule has 0 aliphatic heterocycles. The zero-order valence-corrected chi connectivity index (χ0v) is 8.05. The van der Waals surface area contributed by atoms with Crippen LogP contribution >= 0.6 is 0 Å². The van der Waals surface area contributed by atoms with Gasteiger partial charge in [-0.25, -0.2) is 0 Å². The van der Waals surface area contributed by atoms with E-state index >= 15 is 0 Å². The molecule has 0 radical (unpaired) electrons. The van der Waals surface area contributed by atoms with Crippen molar-refractivity contribution in [3.8, 4) is 0 Å². The molecular weight excluding hydrogens is 203 g/mol. The largest absolute Gasteiger partial charge is 0.391 e. The van der Waals surface area contributed by atoms with Crippen LogP contribution in [-0.2, 0) is 0 Å². The monoisotopic (exact) mass is 214 g/mol. The summed E-state index contributed by atoms with van der Waals surface area (Å²) in [6, 6.07) is 2.56. The summed E-state index contributed by atoms with van der Waals surface area (Å²) in [6.07, 6.45) is -0.852. The second kappa shape index (κ2) is 4.33. The van der Waals surface area contributed by atoms with Crippen molar-refractivity contribution in [2.75, 3.05) is 0 Å². The third-order valence-electron chi connectivity index (χ3n) is 2.07. The van der Waals surface area contributed by atoms with Gasteiger partial charge in [0.1, 0.15) is 0 Å². The van der Waals surface area contributed by atoms with Crippen molar-refractivity contribution < 1.29 is 14.4 Å². The first-order valence-corrected chi connectivity index (χ1v) is 4.31. The fourth-order valence-electron chi connectivity index (χ4n) is 1.16. The number of halogens is 1. The van der Waals surface area contributed by atoms with E-state index in [1.54, 1.807) is 0 Å². The number of aliphatic hydroxyl groups is 1. The molecule has 0 bridgehead atoms. The number of hydrogen-bond donors (Lipinski definition) is 2. The zero-order valence-electron chi connectivity index (χ0n) is 8.05. The molecule has 3 N–H and O–H groups in total. The Morgan fingerprint density at radius 1 is 1.60 bits per heavy atom. The zero-order chi connectivity index (χ0) is 11.6. The fourth-order valence-corrected chi connectivity index (χ4v) is 1.16. The van der Waals surface area contributed by atoms with Gasteiger partial charge in [-0.1, -0.05) is 6.07 Å². The summed E-state index contributed by atoms with van der Waals surface area (Å²) >= 11 is 0. The Bertz CT molecular complexity index is 382. The maximum Gasteiger partial charge on any atom is 0.305 e. The van der Waals surface area contributed by atoms with Gasteiger partial charge in [-0.3, -0.25) is 10.1 Å². The normalized spacial score (nSPS) is 14.7. The van der Waals surface area contributed by atoms with E-state index in [-0.39, 0.29) is 0 Å². The van der Waals surface area contributed by atoms with Gasteiger partial charge in [0, 0.05) is 6.07 Å². The van der Waals surface area contributed by atoms with Crippen molar-refractivity contribution in [3.05, 3.63) is 39.7 Å². The molecule has 5 nitrogen and oxygen atoms in total. The number of nitrogens with zero attached hydrogens (tertiary/aromatic N) is 1. The average Bonchev–Trinajstić information content (AvgIpc) is 2.16. The van der Waals surface area contributed by atoms with Gasteiger partial charge < -0.3 is 10.8 Å². The van der Waals surface area contributed by atoms with Crippen molar-refractivity contribution in [3.63, 3.8) is 0 Å². The van der Waals surface area contributed by atoms with Crippen LogP contribution < -0.4 is 5.73 Å². The van der Waals surface area contributed by atoms with E-state index in [4.69, 9.17) is 5.73 Å². The van der Waals surface area contributed by atoms with Gasteiger partial charge in [-0.15, -0.1) is 0 Å². The number of nitro benzene ring substituents is 1. The highest BCUT2D eigenvalue weighted by atomic mass is 19.1. The molecule has 6 heteroatoms. The molecule has 0 fully saturated rings. The van der Waals surface area contributed by atoms with Crippen LogP contribution in [0.2, 0.25) is 0 Å². The molecule has 15 heavy (non-hydrogen) atoms. The molecule has 0 amide bonds. The third-order valence-corrected chi connectivity index (χ3v) is 2.07. The second-order valence-electron chi connectivity index (χ2n) is 3.23. The first-order valence-electron chi connectivity index (χ1n) is 4.31. The molecule has 0 saturated heterocycles. The minimum atomic E-state index is -0.915. The molecule has 1 rings (SSSR count). The van der Waals surface area contributed by atoms with Crippen molar-refractivity contribution in [2.24, 2.45) is 5.73 Å². The molecule has 0 unspecified atom stereocenters. The SMILES string of the molecule is C[C@@H](O)[C@@H](N)c1ccc(F)c([N+](=O)[O-])c1. The van der Waals surface area contributed by atoms with Crippen molar-refractivity contribution in [1.29, 1.82) is 0 Å². The Morgan fingerprint density at radius 2 is 2.20 bits per heavy atom. The van der Waals surface area contributed by atoms with Crippen LogP contribution in [0, 0.1) is 15.9 Å². The lowest BCUT2D eigenvalue weighted by Crippen LogP contribution is -2.23. The third kappa shape index (κ3) is 2.48. The summed E-state index contributed by atoms with van der Waals surface area (Å²) < 4.78 is 12.9. The molecule has 2 atom stereocenters. The van der Waals surface area contributed by atoms with Crippen LogP contribution in [0.3, 0.4) is 0 Å². The first kappa shape index (κ1) is 11.5.